The van der Waals surface area contributed by atoms with Gasteiger partial charge in [0.05, 0.1) is 0 Å². The van der Waals surface area contributed by atoms with E-state index in [2.05, 4.69) is 52.0 Å². The van der Waals surface area contributed by atoms with E-state index in [-0.39, 0.29) is 12.8 Å². The quantitative estimate of drug-likeness (QED) is 0.425. The molecule has 0 heterocycles. The predicted octanol–water partition coefficient (Wildman–Crippen LogP) is 7.45. The Kier molecular flexibility index (Phi) is 12.3. The first-order valence-electron chi connectivity index (χ1n) is 9.46. The highest BCUT2D eigenvalue weighted by atomic mass is 16.4. The Labute approximate surface area is 171 Å². The van der Waals surface area contributed by atoms with Gasteiger partial charge in [-0.2, -0.15) is 0 Å². The lowest BCUT2D eigenvalue weighted by atomic mass is 9.73. The van der Waals surface area contributed by atoms with Gasteiger partial charge in [-0.15, -0.1) is 0 Å². The molecule has 0 saturated carbocycles. The van der Waals surface area contributed by atoms with Gasteiger partial charge in [0.15, 0.2) is 0 Å². The van der Waals surface area contributed by atoms with Gasteiger partial charge < -0.3 is 5.11 Å². The molecule has 1 aromatic rings. The minimum absolute atomic E-state index is 0. The van der Waals surface area contributed by atoms with Crippen LogP contribution in [0.5, 0.6) is 0 Å². The maximum absolute atomic E-state index is 10.2. The Balaban J connectivity index is 0.000000765. The van der Waals surface area contributed by atoms with Gasteiger partial charge >= 0.3 is 5.97 Å². The molecule has 28 heavy (non-hydrogen) atoms. The molecule has 0 aromatic heterocycles. The normalized spacial score (nSPS) is 16.4. The summed E-state index contributed by atoms with van der Waals surface area (Å²) in [4.78, 5) is 10.2. The molecule has 2 nitrogen and oxygen atoms in total. The summed E-state index contributed by atoms with van der Waals surface area (Å²) in [6.07, 6.45) is 18.0. The Bertz CT molecular complexity index is 729. The molecular weight excluding hydrogens is 344 g/mol. The standard InChI is InChI=1S/C18H24O2.C7H8.CH4/c1-15-11-10-14-18(2,3)16(15)12-8-6-4-5-7-9-13-17(19)20;1-7-5-3-2-4-6-7;/h4-9,12-13H,10-11,14H2,1-3H3,(H,19,20);2-6H,1H3;1H4/b6-4+,7-5+,12-8+,13-9+;;. The first-order chi connectivity index (χ1) is 12.8. The van der Waals surface area contributed by atoms with Crippen molar-refractivity contribution >= 4 is 5.97 Å². The summed E-state index contributed by atoms with van der Waals surface area (Å²) in [6.45, 7) is 8.91. The topological polar surface area (TPSA) is 37.3 Å². The SMILES string of the molecule is C.CC1=C(/C=C/C=C/C=C/C=C/C(=O)O)C(C)(C)CCC1.Cc1ccccc1. The number of carboxylic acids is 1. The van der Waals surface area contributed by atoms with Crippen molar-refractivity contribution in [3.63, 3.8) is 0 Å². The Hall–Kier alpha value is -2.61. The molecule has 2 heteroatoms. The average molecular weight is 381 g/mol. The summed E-state index contributed by atoms with van der Waals surface area (Å²) >= 11 is 0. The van der Waals surface area contributed by atoms with Gasteiger partial charge in [0.2, 0.25) is 0 Å². The smallest absolute Gasteiger partial charge is 0.328 e. The maximum Gasteiger partial charge on any atom is 0.328 e. The largest absolute Gasteiger partial charge is 0.478 e. The molecule has 1 aliphatic carbocycles. The molecule has 0 bridgehead atoms. The van der Waals surface area contributed by atoms with Gasteiger partial charge in [-0.3, -0.25) is 0 Å². The van der Waals surface area contributed by atoms with E-state index in [0.29, 0.717) is 0 Å². The van der Waals surface area contributed by atoms with Crippen molar-refractivity contribution in [2.24, 2.45) is 5.41 Å². The van der Waals surface area contributed by atoms with Crippen LogP contribution in [0.4, 0.5) is 0 Å². The van der Waals surface area contributed by atoms with E-state index < -0.39 is 5.97 Å². The number of benzene rings is 1. The summed E-state index contributed by atoms with van der Waals surface area (Å²) in [6, 6.07) is 10.3. The molecule has 2 rings (SSSR count). The number of carboxylic acid groups (broad SMARTS) is 1. The molecule has 1 N–H and O–H groups in total. The number of aryl methyl sites for hydroxylation is 1. The minimum Gasteiger partial charge on any atom is -0.478 e. The van der Waals surface area contributed by atoms with Crippen LogP contribution in [-0.2, 0) is 4.79 Å². The minimum atomic E-state index is -0.930. The second-order valence-electron chi connectivity index (χ2n) is 7.41. The Morgan fingerprint density at radius 3 is 2.04 bits per heavy atom. The highest BCUT2D eigenvalue weighted by Gasteiger charge is 2.26. The molecule has 0 fully saturated rings. The molecule has 0 unspecified atom stereocenters. The highest BCUT2D eigenvalue weighted by molar-refractivity contribution is 5.80. The number of carbonyl (C=O) groups is 1. The van der Waals surface area contributed by atoms with E-state index in [1.165, 1.54) is 42.0 Å². The van der Waals surface area contributed by atoms with Crippen LogP contribution >= 0.6 is 0 Å². The second kappa shape index (κ2) is 13.5. The zero-order valence-electron chi connectivity index (χ0n) is 17.0. The molecule has 152 valence electrons. The molecule has 0 aliphatic heterocycles. The summed E-state index contributed by atoms with van der Waals surface area (Å²) in [5.41, 5.74) is 4.53. The molecular formula is C26H36O2. The average Bonchev–Trinajstić information content (AvgIpc) is 2.60. The van der Waals surface area contributed by atoms with Gasteiger partial charge in [-0.05, 0) is 44.1 Å². The molecule has 1 aliphatic rings. The van der Waals surface area contributed by atoms with Gasteiger partial charge in [-0.25, -0.2) is 4.79 Å². The van der Waals surface area contributed by atoms with E-state index in [1.807, 2.05) is 36.4 Å². The fourth-order valence-corrected chi connectivity index (χ4v) is 3.09. The third-order valence-electron chi connectivity index (χ3n) is 4.54. The van der Waals surface area contributed by atoms with E-state index >= 15 is 0 Å². The summed E-state index contributed by atoms with van der Waals surface area (Å²) < 4.78 is 0. The van der Waals surface area contributed by atoms with E-state index in [0.717, 1.165) is 6.08 Å². The molecule has 1 aromatic carbocycles. The van der Waals surface area contributed by atoms with Gasteiger partial charge in [-0.1, -0.05) is 105 Å². The lowest BCUT2D eigenvalue weighted by Crippen LogP contribution is -2.18. The molecule has 0 atom stereocenters. The van der Waals surface area contributed by atoms with Crippen molar-refractivity contribution < 1.29 is 9.90 Å². The first kappa shape index (κ1) is 25.4. The molecule has 0 saturated heterocycles. The first-order valence-corrected chi connectivity index (χ1v) is 9.46. The molecule has 0 spiro atoms. The second-order valence-corrected chi connectivity index (χ2v) is 7.41. The van der Waals surface area contributed by atoms with E-state index in [1.54, 1.807) is 6.08 Å². The highest BCUT2D eigenvalue weighted by Crippen LogP contribution is 2.40. The lowest BCUT2D eigenvalue weighted by Gasteiger charge is -2.32. The lowest BCUT2D eigenvalue weighted by molar-refractivity contribution is -0.131. The third-order valence-corrected chi connectivity index (χ3v) is 4.54. The van der Waals surface area contributed by atoms with Crippen LogP contribution in [0.15, 0.2) is 90.1 Å². The van der Waals surface area contributed by atoms with Crippen molar-refractivity contribution in [3.05, 3.63) is 95.6 Å². The van der Waals surface area contributed by atoms with Crippen molar-refractivity contribution in [3.8, 4) is 0 Å². The van der Waals surface area contributed by atoms with Crippen molar-refractivity contribution in [2.45, 2.75) is 54.4 Å². The van der Waals surface area contributed by atoms with Crippen LogP contribution in [0.1, 0.15) is 53.0 Å². The number of aliphatic carboxylic acids is 1. The van der Waals surface area contributed by atoms with Crippen molar-refractivity contribution in [1.82, 2.24) is 0 Å². The Morgan fingerprint density at radius 2 is 1.54 bits per heavy atom. The predicted molar refractivity (Wildman–Crippen MR) is 122 cm³/mol. The van der Waals surface area contributed by atoms with E-state index in [9.17, 15) is 4.79 Å². The van der Waals surface area contributed by atoms with Crippen LogP contribution in [0.3, 0.4) is 0 Å². The molecule has 0 amide bonds. The van der Waals surface area contributed by atoms with Crippen LogP contribution in [0, 0.1) is 12.3 Å². The number of rotatable bonds is 5. The zero-order chi connectivity index (χ0) is 20.1. The summed E-state index contributed by atoms with van der Waals surface area (Å²) in [5.74, 6) is -0.930. The van der Waals surface area contributed by atoms with Gasteiger partial charge in [0.25, 0.3) is 0 Å². The Morgan fingerprint density at radius 1 is 0.964 bits per heavy atom. The monoisotopic (exact) mass is 380 g/mol. The van der Waals surface area contributed by atoms with Gasteiger partial charge in [0, 0.05) is 6.08 Å². The van der Waals surface area contributed by atoms with Crippen molar-refractivity contribution in [2.75, 3.05) is 0 Å². The molecule has 0 radical (unpaired) electrons. The van der Waals surface area contributed by atoms with Crippen LogP contribution in [0.2, 0.25) is 0 Å². The summed E-state index contributed by atoms with van der Waals surface area (Å²) in [5, 5.41) is 8.42. The third kappa shape index (κ3) is 10.5. The maximum atomic E-state index is 10.2. The van der Waals surface area contributed by atoms with Crippen LogP contribution < -0.4 is 0 Å². The number of allylic oxidation sites excluding steroid dienone is 9. The summed E-state index contributed by atoms with van der Waals surface area (Å²) in [7, 11) is 0. The fraction of sp³-hybridized carbons (Fsp3) is 0.346. The van der Waals surface area contributed by atoms with Crippen molar-refractivity contribution in [1.29, 1.82) is 0 Å². The number of hydrogen-bond acceptors (Lipinski definition) is 1. The zero-order valence-corrected chi connectivity index (χ0v) is 17.0. The number of hydrogen-bond donors (Lipinski definition) is 1. The van der Waals surface area contributed by atoms with Gasteiger partial charge in [0.1, 0.15) is 0 Å². The van der Waals surface area contributed by atoms with Crippen LogP contribution in [-0.4, -0.2) is 11.1 Å². The fourth-order valence-electron chi connectivity index (χ4n) is 3.09. The van der Waals surface area contributed by atoms with E-state index in [4.69, 9.17) is 5.11 Å². The van der Waals surface area contributed by atoms with Crippen LogP contribution in [0.25, 0.3) is 0 Å².